The summed E-state index contributed by atoms with van der Waals surface area (Å²) in [7, 11) is 0. The molecule has 0 bridgehead atoms. The second kappa shape index (κ2) is 6.02. The lowest BCUT2D eigenvalue weighted by atomic mass is 10.2. The molecule has 1 rings (SSSR count). The van der Waals surface area contributed by atoms with E-state index in [4.69, 9.17) is 5.26 Å². The molecule has 0 radical (unpaired) electrons. The zero-order chi connectivity index (χ0) is 11.1. The molecule has 3 heteroatoms. The predicted molar refractivity (Wildman–Crippen MR) is 61.7 cm³/mol. The number of nitrogens with zero attached hydrogens (tertiary/aromatic N) is 3. The fourth-order valence-corrected chi connectivity index (χ4v) is 1.53. The Morgan fingerprint density at radius 3 is 2.87 bits per heavy atom. The van der Waals surface area contributed by atoms with Crippen LogP contribution in [0.3, 0.4) is 0 Å². The highest BCUT2D eigenvalue weighted by atomic mass is 15.1. The monoisotopic (exact) mass is 203 g/mol. The van der Waals surface area contributed by atoms with Crippen LogP contribution in [0.1, 0.15) is 32.3 Å². The van der Waals surface area contributed by atoms with E-state index in [2.05, 4.69) is 29.8 Å². The average molecular weight is 203 g/mol. The van der Waals surface area contributed by atoms with Crippen LogP contribution >= 0.6 is 0 Å². The van der Waals surface area contributed by atoms with Crippen LogP contribution in [0.5, 0.6) is 0 Å². The van der Waals surface area contributed by atoms with Crippen molar-refractivity contribution in [2.45, 2.75) is 26.7 Å². The third-order valence-electron chi connectivity index (χ3n) is 2.42. The van der Waals surface area contributed by atoms with Crippen LogP contribution in [-0.4, -0.2) is 18.1 Å². The lowest BCUT2D eigenvalue weighted by Crippen LogP contribution is -2.24. The van der Waals surface area contributed by atoms with E-state index < -0.39 is 0 Å². The standard InChI is InChI=1S/C12H17N3/c1-3-5-8-15(4-2)12-10-14-7-6-11(12)9-13/h6-7,10H,3-5,8H2,1-2H3. The number of hydrogen-bond acceptors (Lipinski definition) is 3. The Kier molecular flexibility index (Phi) is 4.62. The third-order valence-corrected chi connectivity index (χ3v) is 2.42. The van der Waals surface area contributed by atoms with E-state index in [0.717, 1.165) is 25.2 Å². The fourth-order valence-electron chi connectivity index (χ4n) is 1.53. The van der Waals surface area contributed by atoms with Gasteiger partial charge in [-0.2, -0.15) is 5.26 Å². The van der Waals surface area contributed by atoms with Crippen molar-refractivity contribution < 1.29 is 0 Å². The quantitative estimate of drug-likeness (QED) is 0.738. The first-order valence-corrected chi connectivity index (χ1v) is 5.42. The molecule has 0 amide bonds. The van der Waals surface area contributed by atoms with E-state index in [9.17, 15) is 0 Å². The van der Waals surface area contributed by atoms with E-state index in [1.165, 1.54) is 6.42 Å². The molecule has 1 aromatic rings. The molecule has 0 atom stereocenters. The fraction of sp³-hybridized carbons (Fsp3) is 0.500. The van der Waals surface area contributed by atoms with Gasteiger partial charge in [0.25, 0.3) is 0 Å². The van der Waals surface area contributed by atoms with Gasteiger partial charge in [0, 0.05) is 19.3 Å². The third kappa shape index (κ3) is 2.95. The Bertz CT molecular complexity index is 341. The van der Waals surface area contributed by atoms with Gasteiger partial charge < -0.3 is 4.90 Å². The van der Waals surface area contributed by atoms with Crippen molar-refractivity contribution in [3.05, 3.63) is 24.0 Å². The van der Waals surface area contributed by atoms with Crippen LogP contribution in [0.2, 0.25) is 0 Å². The molecule has 3 nitrogen and oxygen atoms in total. The Labute approximate surface area is 91.4 Å². The van der Waals surface area contributed by atoms with Gasteiger partial charge in [0.2, 0.25) is 0 Å². The first-order valence-electron chi connectivity index (χ1n) is 5.42. The molecule has 1 aromatic heterocycles. The van der Waals surface area contributed by atoms with Crippen LogP contribution < -0.4 is 4.90 Å². The van der Waals surface area contributed by atoms with E-state index in [1.54, 1.807) is 18.5 Å². The highest BCUT2D eigenvalue weighted by Gasteiger charge is 2.08. The molecule has 0 aliphatic carbocycles. The van der Waals surface area contributed by atoms with Crippen molar-refractivity contribution in [1.29, 1.82) is 5.26 Å². The van der Waals surface area contributed by atoms with Crippen molar-refractivity contribution >= 4 is 5.69 Å². The lowest BCUT2D eigenvalue weighted by molar-refractivity contribution is 0.730. The Balaban J connectivity index is 2.86. The maximum atomic E-state index is 8.98. The number of rotatable bonds is 5. The molecule has 0 spiro atoms. The number of hydrogen-bond donors (Lipinski definition) is 0. The average Bonchev–Trinajstić information content (AvgIpc) is 2.30. The molecule has 80 valence electrons. The molecule has 0 aliphatic heterocycles. The summed E-state index contributed by atoms with van der Waals surface area (Å²) >= 11 is 0. The Morgan fingerprint density at radius 2 is 2.27 bits per heavy atom. The predicted octanol–water partition coefficient (Wildman–Crippen LogP) is 2.58. The van der Waals surface area contributed by atoms with E-state index in [-0.39, 0.29) is 0 Å². The van der Waals surface area contributed by atoms with Gasteiger partial charge in [0.05, 0.1) is 17.4 Å². The SMILES string of the molecule is CCCCN(CC)c1cnccc1C#N. The summed E-state index contributed by atoms with van der Waals surface area (Å²) in [6.07, 6.45) is 5.75. The maximum Gasteiger partial charge on any atom is 0.101 e. The lowest BCUT2D eigenvalue weighted by Gasteiger charge is -2.23. The minimum Gasteiger partial charge on any atom is -0.369 e. The van der Waals surface area contributed by atoms with Crippen molar-refractivity contribution in [3.63, 3.8) is 0 Å². The van der Waals surface area contributed by atoms with Gasteiger partial charge >= 0.3 is 0 Å². The molecule has 1 heterocycles. The second-order valence-electron chi connectivity index (χ2n) is 3.44. The molecule has 0 unspecified atom stereocenters. The minimum absolute atomic E-state index is 0.711. The van der Waals surface area contributed by atoms with Gasteiger partial charge in [-0.15, -0.1) is 0 Å². The summed E-state index contributed by atoms with van der Waals surface area (Å²) in [4.78, 5) is 6.28. The Morgan fingerprint density at radius 1 is 1.47 bits per heavy atom. The van der Waals surface area contributed by atoms with Crippen LogP contribution in [0.4, 0.5) is 5.69 Å². The highest BCUT2D eigenvalue weighted by Crippen LogP contribution is 2.18. The number of unbranched alkanes of at least 4 members (excludes halogenated alkanes) is 1. The van der Waals surface area contributed by atoms with Gasteiger partial charge in [0.1, 0.15) is 6.07 Å². The Hall–Kier alpha value is -1.56. The molecule has 0 aliphatic rings. The summed E-state index contributed by atoms with van der Waals surface area (Å²) in [6, 6.07) is 3.97. The summed E-state index contributed by atoms with van der Waals surface area (Å²) in [5.74, 6) is 0. The van der Waals surface area contributed by atoms with Crippen molar-refractivity contribution in [3.8, 4) is 6.07 Å². The first-order chi connectivity index (χ1) is 7.33. The normalized spacial score (nSPS) is 9.67. The first kappa shape index (κ1) is 11.5. The molecular weight excluding hydrogens is 186 g/mol. The summed E-state index contributed by atoms with van der Waals surface area (Å²) < 4.78 is 0. The molecule has 15 heavy (non-hydrogen) atoms. The zero-order valence-electron chi connectivity index (χ0n) is 9.40. The second-order valence-corrected chi connectivity index (χ2v) is 3.44. The minimum atomic E-state index is 0.711. The summed E-state index contributed by atoms with van der Waals surface area (Å²) in [5, 5.41) is 8.98. The summed E-state index contributed by atoms with van der Waals surface area (Å²) in [5.41, 5.74) is 1.67. The van der Waals surface area contributed by atoms with Crippen molar-refractivity contribution in [1.82, 2.24) is 4.98 Å². The van der Waals surface area contributed by atoms with Gasteiger partial charge in [-0.1, -0.05) is 13.3 Å². The van der Waals surface area contributed by atoms with E-state index in [0.29, 0.717) is 5.56 Å². The van der Waals surface area contributed by atoms with Crippen LogP contribution in [0.25, 0.3) is 0 Å². The smallest absolute Gasteiger partial charge is 0.101 e. The number of pyridine rings is 1. The number of aromatic nitrogens is 1. The van der Waals surface area contributed by atoms with Gasteiger partial charge in [-0.3, -0.25) is 4.98 Å². The van der Waals surface area contributed by atoms with Crippen LogP contribution in [-0.2, 0) is 0 Å². The number of anilines is 1. The topological polar surface area (TPSA) is 39.9 Å². The van der Waals surface area contributed by atoms with Gasteiger partial charge in [-0.25, -0.2) is 0 Å². The van der Waals surface area contributed by atoms with Crippen LogP contribution in [0, 0.1) is 11.3 Å². The van der Waals surface area contributed by atoms with Gasteiger partial charge in [-0.05, 0) is 19.4 Å². The summed E-state index contributed by atoms with van der Waals surface area (Å²) in [6.45, 7) is 6.18. The zero-order valence-corrected chi connectivity index (χ0v) is 9.40. The van der Waals surface area contributed by atoms with Crippen molar-refractivity contribution in [2.75, 3.05) is 18.0 Å². The van der Waals surface area contributed by atoms with Crippen molar-refractivity contribution in [2.24, 2.45) is 0 Å². The highest BCUT2D eigenvalue weighted by molar-refractivity contribution is 5.57. The largest absolute Gasteiger partial charge is 0.369 e. The van der Waals surface area contributed by atoms with Crippen LogP contribution in [0.15, 0.2) is 18.5 Å². The molecule has 0 N–H and O–H groups in total. The molecule has 0 saturated heterocycles. The van der Waals surface area contributed by atoms with E-state index >= 15 is 0 Å². The molecule has 0 fully saturated rings. The maximum absolute atomic E-state index is 8.98. The molecule has 0 aromatic carbocycles. The van der Waals surface area contributed by atoms with Gasteiger partial charge in [0.15, 0.2) is 0 Å². The molecule has 0 saturated carbocycles. The molecular formula is C12H17N3. The number of nitriles is 1. The van der Waals surface area contributed by atoms with E-state index in [1.807, 2.05) is 0 Å².